The van der Waals surface area contributed by atoms with E-state index in [4.69, 9.17) is 0 Å². The van der Waals surface area contributed by atoms with E-state index in [0.29, 0.717) is 18.2 Å². The van der Waals surface area contributed by atoms with Gasteiger partial charge >= 0.3 is 0 Å². The second-order valence-electron chi connectivity index (χ2n) is 8.57. The van der Waals surface area contributed by atoms with E-state index in [1.165, 1.54) is 17.4 Å². The number of pyridine rings is 1. The monoisotopic (exact) mass is 484 g/mol. The van der Waals surface area contributed by atoms with Crippen molar-refractivity contribution in [2.75, 3.05) is 31.1 Å². The minimum absolute atomic E-state index is 0.132. The predicted octanol–water partition coefficient (Wildman–Crippen LogP) is 4.47. The van der Waals surface area contributed by atoms with Crippen molar-refractivity contribution in [1.29, 1.82) is 0 Å². The summed E-state index contributed by atoms with van der Waals surface area (Å²) >= 11 is 1.46. The largest absolute Gasteiger partial charge is 0.368 e. The van der Waals surface area contributed by atoms with Gasteiger partial charge in [0.05, 0.1) is 10.9 Å². The van der Waals surface area contributed by atoms with Gasteiger partial charge in [-0.1, -0.05) is 48.2 Å². The van der Waals surface area contributed by atoms with E-state index in [0.717, 1.165) is 35.7 Å². The average Bonchev–Trinajstić information content (AvgIpc) is 3.32. The molecule has 0 radical (unpaired) electrons. The van der Waals surface area contributed by atoms with E-state index in [1.807, 2.05) is 46.7 Å². The Hall–Kier alpha value is -3.65. The summed E-state index contributed by atoms with van der Waals surface area (Å²) in [6, 6.07) is 22.4. The summed E-state index contributed by atoms with van der Waals surface area (Å²) in [5, 5.41) is 9.43. The molecule has 3 heterocycles. The van der Waals surface area contributed by atoms with Crippen LogP contribution in [0.5, 0.6) is 0 Å². The first-order valence-electron chi connectivity index (χ1n) is 11.8. The van der Waals surface area contributed by atoms with Gasteiger partial charge in [0.15, 0.2) is 11.0 Å². The number of carbonyl (C=O) groups is 1. The molecule has 1 aliphatic rings. The molecule has 5 rings (SSSR count). The summed E-state index contributed by atoms with van der Waals surface area (Å²) in [6.07, 6.45) is 3.50. The molecule has 0 unspecified atom stereocenters. The number of piperazine rings is 1. The van der Waals surface area contributed by atoms with E-state index < -0.39 is 0 Å². The second kappa shape index (κ2) is 10.3. The summed E-state index contributed by atoms with van der Waals surface area (Å²) in [5.74, 6) is 0.868. The molecule has 178 valence electrons. The highest BCUT2D eigenvalue weighted by Gasteiger charge is 2.28. The molecule has 1 amide bonds. The molecular weight excluding hydrogens is 456 g/mol. The fourth-order valence-electron chi connectivity index (χ4n) is 4.36. The number of para-hydroxylation sites is 2. The van der Waals surface area contributed by atoms with Gasteiger partial charge in [0.1, 0.15) is 0 Å². The molecule has 0 aliphatic carbocycles. The van der Waals surface area contributed by atoms with Gasteiger partial charge in [-0.25, -0.2) is 0 Å². The molecule has 0 saturated carbocycles. The average molecular weight is 485 g/mol. The Labute approximate surface area is 209 Å². The summed E-state index contributed by atoms with van der Waals surface area (Å²) in [6.45, 7) is 7.12. The van der Waals surface area contributed by atoms with Gasteiger partial charge in [-0.2, -0.15) is 0 Å². The Morgan fingerprint density at radius 3 is 2.29 bits per heavy atom. The van der Waals surface area contributed by atoms with Crippen molar-refractivity contribution in [3.05, 3.63) is 84.7 Å². The molecule has 0 bridgehead atoms. The zero-order valence-corrected chi connectivity index (χ0v) is 20.7. The van der Waals surface area contributed by atoms with Crippen LogP contribution in [0.4, 0.5) is 5.69 Å². The number of hydrogen-bond donors (Lipinski definition) is 0. The number of nitrogens with zero attached hydrogens (tertiary/aromatic N) is 6. The molecule has 1 fully saturated rings. The lowest BCUT2D eigenvalue weighted by atomic mass is 10.2. The highest BCUT2D eigenvalue weighted by molar-refractivity contribution is 8.00. The number of anilines is 1. The Balaban J connectivity index is 1.35. The van der Waals surface area contributed by atoms with Crippen LogP contribution < -0.4 is 4.90 Å². The minimum Gasteiger partial charge on any atom is -0.368 e. The molecule has 8 heteroatoms. The normalized spacial score (nSPS) is 14.7. The van der Waals surface area contributed by atoms with Crippen molar-refractivity contribution in [2.45, 2.75) is 24.3 Å². The van der Waals surface area contributed by atoms with Gasteiger partial charge in [0, 0.05) is 49.8 Å². The van der Waals surface area contributed by atoms with Crippen LogP contribution in [0, 0.1) is 6.92 Å². The topological polar surface area (TPSA) is 67.2 Å². The van der Waals surface area contributed by atoms with Crippen molar-refractivity contribution in [3.8, 4) is 17.1 Å². The molecule has 2 aromatic carbocycles. The predicted molar refractivity (Wildman–Crippen MR) is 140 cm³/mol. The fourth-order valence-corrected chi connectivity index (χ4v) is 5.30. The third kappa shape index (κ3) is 4.93. The number of benzene rings is 2. The van der Waals surface area contributed by atoms with Gasteiger partial charge in [-0.3, -0.25) is 14.3 Å². The van der Waals surface area contributed by atoms with Gasteiger partial charge in [0.25, 0.3) is 0 Å². The Bertz CT molecular complexity index is 1290. The molecule has 1 atom stereocenters. The lowest BCUT2D eigenvalue weighted by molar-refractivity contribution is -0.130. The minimum atomic E-state index is -0.282. The Morgan fingerprint density at radius 1 is 0.886 bits per heavy atom. The zero-order valence-electron chi connectivity index (χ0n) is 19.9. The number of hydrogen-bond acceptors (Lipinski definition) is 6. The van der Waals surface area contributed by atoms with Gasteiger partial charge < -0.3 is 9.80 Å². The fraction of sp³-hybridized carbons (Fsp3) is 0.259. The number of thioether (sulfide) groups is 1. The van der Waals surface area contributed by atoms with Gasteiger partial charge in [-0.15, -0.1) is 10.2 Å². The molecule has 1 saturated heterocycles. The Kier molecular flexibility index (Phi) is 6.81. The standard InChI is InChI=1S/C27H28N6OS/c1-20-8-6-7-11-24(20)33-25(22-12-14-28-15-13-22)29-30-27(33)35-21(2)26(34)32-18-16-31(17-19-32)23-9-4-3-5-10-23/h3-15,21H,16-19H2,1-2H3/t21-/m0/s1. The third-order valence-electron chi connectivity index (χ3n) is 6.27. The van der Waals surface area contributed by atoms with Crippen LogP contribution in [0.3, 0.4) is 0 Å². The highest BCUT2D eigenvalue weighted by Crippen LogP contribution is 2.32. The van der Waals surface area contributed by atoms with Crippen LogP contribution in [0.15, 0.2) is 84.3 Å². The first-order valence-corrected chi connectivity index (χ1v) is 12.7. The number of aromatic nitrogens is 4. The van der Waals surface area contributed by atoms with Crippen LogP contribution in [0.1, 0.15) is 12.5 Å². The molecule has 2 aromatic heterocycles. The smallest absolute Gasteiger partial charge is 0.236 e. The van der Waals surface area contributed by atoms with Gasteiger partial charge in [0.2, 0.25) is 5.91 Å². The molecule has 35 heavy (non-hydrogen) atoms. The van der Waals surface area contributed by atoms with Crippen LogP contribution >= 0.6 is 11.8 Å². The van der Waals surface area contributed by atoms with Crippen LogP contribution in [0.25, 0.3) is 17.1 Å². The number of rotatable bonds is 6. The van der Waals surface area contributed by atoms with E-state index in [-0.39, 0.29) is 11.2 Å². The number of aryl methyl sites for hydroxylation is 1. The number of amides is 1. The van der Waals surface area contributed by atoms with Crippen molar-refractivity contribution < 1.29 is 4.79 Å². The quantitative estimate of drug-likeness (QED) is 0.376. The number of carbonyl (C=O) groups excluding carboxylic acids is 1. The molecule has 0 spiro atoms. The van der Waals surface area contributed by atoms with E-state index >= 15 is 0 Å². The van der Waals surface area contributed by atoms with Crippen molar-refractivity contribution in [1.82, 2.24) is 24.6 Å². The summed E-state index contributed by atoms with van der Waals surface area (Å²) in [4.78, 5) is 21.8. The SMILES string of the molecule is Cc1ccccc1-n1c(S[C@@H](C)C(=O)N2CCN(c3ccccc3)CC2)nnc1-c1ccncc1. The first kappa shape index (κ1) is 23.1. The highest BCUT2D eigenvalue weighted by atomic mass is 32.2. The maximum absolute atomic E-state index is 13.4. The summed E-state index contributed by atoms with van der Waals surface area (Å²) < 4.78 is 2.05. The van der Waals surface area contributed by atoms with Crippen molar-refractivity contribution >= 4 is 23.4 Å². The first-order chi connectivity index (χ1) is 17.1. The van der Waals surface area contributed by atoms with Crippen LogP contribution in [0.2, 0.25) is 0 Å². The summed E-state index contributed by atoms with van der Waals surface area (Å²) in [7, 11) is 0. The molecule has 7 nitrogen and oxygen atoms in total. The zero-order chi connectivity index (χ0) is 24.2. The molecular formula is C27H28N6OS. The van der Waals surface area contributed by atoms with E-state index in [9.17, 15) is 4.79 Å². The van der Waals surface area contributed by atoms with Crippen molar-refractivity contribution in [2.24, 2.45) is 0 Å². The van der Waals surface area contributed by atoms with Crippen LogP contribution in [-0.2, 0) is 4.79 Å². The van der Waals surface area contributed by atoms with E-state index in [2.05, 4.69) is 63.4 Å². The van der Waals surface area contributed by atoms with Gasteiger partial charge in [-0.05, 0) is 49.7 Å². The molecule has 0 N–H and O–H groups in total. The molecule has 1 aliphatic heterocycles. The lowest BCUT2D eigenvalue weighted by Crippen LogP contribution is -2.50. The second-order valence-corrected chi connectivity index (χ2v) is 9.88. The summed E-state index contributed by atoms with van der Waals surface area (Å²) in [5.41, 5.74) is 4.25. The maximum Gasteiger partial charge on any atom is 0.236 e. The van der Waals surface area contributed by atoms with Crippen molar-refractivity contribution in [3.63, 3.8) is 0 Å². The van der Waals surface area contributed by atoms with Crippen LogP contribution in [-0.4, -0.2) is 62.0 Å². The van der Waals surface area contributed by atoms with E-state index in [1.54, 1.807) is 12.4 Å². The molecule has 4 aromatic rings. The Morgan fingerprint density at radius 2 is 1.57 bits per heavy atom. The third-order valence-corrected chi connectivity index (χ3v) is 7.30. The lowest BCUT2D eigenvalue weighted by Gasteiger charge is -2.37. The maximum atomic E-state index is 13.4.